The summed E-state index contributed by atoms with van der Waals surface area (Å²) in [7, 11) is 0. The van der Waals surface area contributed by atoms with E-state index in [-0.39, 0.29) is 0 Å². The number of hydrogen-bond acceptors (Lipinski definition) is 4. The molecule has 2 rings (SSSR count). The van der Waals surface area contributed by atoms with Gasteiger partial charge in [0.15, 0.2) is 6.29 Å². The normalized spacial score (nSPS) is 12.0. The van der Waals surface area contributed by atoms with Gasteiger partial charge in [0.2, 0.25) is 0 Å². The van der Waals surface area contributed by atoms with Crippen LogP contribution < -0.4 is 9.84 Å². The fourth-order valence-corrected chi connectivity index (χ4v) is 2.23. The zero-order valence-corrected chi connectivity index (χ0v) is 12.1. The maximum absolute atomic E-state index is 11.0. The average Bonchev–Trinajstić information content (AvgIpc) is 2.74. The second-order valence-electron chi connectivity index (χ2n) is 4.85. The number of carboxylic acid groups (broad SMARTS) is 1. The van der Waals surface area contributed by atoms with Crippen LogP contribution >= 0.6 is 0 Å². The summed E-state index contributed by atoms with van der Waals surface area (Å²) in [4.78, 5) is 21.6. The Balaban J connectivity index is 2.29. The summed E-state index contributed by atoms with van der Waals surface area (Å²) in [5, 5.41) is 10.6. The molecule has 0 saturated carbocycles. The molecule has 0 aliphatic carbocycles. The van der Waals surface area contributed by atoms with Crippen LogP contribution in [0, 0.1) is 13.8 Å². The van der Waals surface area contributed by atoms with Gasteiger partial charge in [0.05, 0.1) is 5.97 Å². The molecule has 0 spiro atoms. The SMILES string of the molecule is Cc1cc(C=O)c(C)n1-c1ccc(O[C@H](C)C(=O)[O-])cc1. The minimum absolute atomic E-state index is 0.452. The van der Waals surface area contributed by atoms with Crippen LogP contribution in [0.5, 0.6) is 5.75 Å². The Labute approximate surface area is 122 Å². The molecule has 0 saturated heterocycles. The average molecular weight is 286 g/mol. The highest BCUT2D eigenvalue weighted by Gasteiger charge is 2.10. The summed E-state index contributed by atoms with van der Waals surface area (Å²) < 4.78 is 7.18. The molecule has 0 bridgehead atoms. The standard InChI is InChI=1S/C16H17NO4/c1-10-8-13(9-18)11(2)17(10)14-4-6-15(7-5-14)21-12(3)16(19)20/h4-9,12H,1-3H3,(H,19,20)/p-1/t12-/m1/s1. The third-order valence-corrected chi connectivity index (χ3v) is 3.34. The largest absolute Gasteiger partial charge is 0.546 e. The number of aromatic nitrogens is 1. The lowest BCUT2D eigenvalue weighted by Crippen LogP contribution is -2.37. The lowest BCUT2D eigenvalue weighted by atomic mass is 10.2. The summed E-state index contributed by atoms with van der Waals surface area (Å²) in [6.07, 6.45) is -0.176. The number of aliphatic carboxylic acids is 1. The van der Waals surface area contributed by atoms with Crippen molar-refractivity contribution >= 4 is 12.3 Å². The molecule has 1 aromatic heterocycles. The van der Waals surface area contributed by atoms with Gasteiger partial charge in [-0.1, -0.05) is 0 Å². The van der Waals surface area contributed by atoms with Gasteiger partial charge in [-0.2, -0.15) is 0 Å². The van der Waals surface area contributed by atoms with Crippen LogP contribution in [-0.4, -0.2) is 22.9 Å². The lowest BCUT2D eigenvalue weighted by Gasteiger charge is -2.16. The van der Waals surface area contributed by atoms with Crippen LogP contribution in [0.2, 0.25) is 0 Å². The molecule has 0 fully saturated rings. The van der Waals surface area contributed by atoms with Crippen molar-refractivity contribution in [2.45, 2.75) is 26.9 Å². The predicted molar refractivity (Wildman–Crippen MR) is 75.7 cm³/mol. The van der Waals surface area contributed by atoms with Gasteiger partial charge in [-0.3, -0.25) is 4.79 Å². The fraction of sp³-hybridized carbons (Fsp3) is 0.250. The van der Waals surface area contributed by atoms with E-state index in [9.17, 15) is 14.7 Å². The summed E-state index contributed by atoms with van der Waals surface area (Å²) in [5.41, 5.74) is 3.34. The van der Waals surface area contributed by atoms with Crippen LogP contribution in [0.25, 0.3) is 5.69 Å². The molecule has 1 aromatic carbocycles. The van der Waals surface area contributed by atoms with E-state index in [4.69, 9.17) is 4.74 Å². The first-order chi connectivity index (χ1) is 9.93. The van der Waals surface area contributed by atoms with Crippen molar-refractivity contribution in [3.05, 3.63) is 47.3 Å². The predicted octanol–water partition coefficient (Wildman–Crippen LogP) is 1.42. The summed E-state index contributed by atoms with van der Waals surface area (Å²) in [6, 6.07) is 8.82. The van der Waals surface area contributed by atoms with E-state index in [1.807, 2.05) is 36.6 Å². The molecule has 5 nitrogen and oxygen atoms in total. The first-order valence-electron chi connectivity index (χ1n) is 6.56. The monoisotopic (exact) mass is 286 g/mol. The van der Waals surface area contributed by atoms with Gasteiger partial charge in [-0.15, -0.1) is 0 Å². The minimum atomic E-state index is -1.26. The number of carboxylic acids is 1. The number of nitrogens with zero attached hydrogens (tertiary/aromatic N) is 1. The fourth-order valence-electron chi connectivity index (χ4n) is 2.23. The van der Waals surface area contributed by atoms with Gasteiger partial charge in [0, 0.05) is 22.6 Å². The van der Waals surface area contributed by atoms with Gasteiger partial charge in [-0.25, -0.2) is 0 Å². The molecule has 1 atom stereocenters. The Kier molecular flexibility index (Phi) is 4.12. The number of hydrogen-bond donors (Lipinski definition) is 0. The molecular weight excluding hydrogens is 270 g/mol. The Morgan fingerprint density at radius 3 is 2.38 bits per heavy atom. The van der Waals surface area contributed by atoms with E-state index in [1.165, 1.54) is 6.92 Å². The molecule has 5 heteroatoms. The quantitative estimate of drug-likeness (QED) is 0.779. The first kappa shape index (κ1) is 14.8. The van der Waals surface area contributed by atoms with E-state index in [0.29, 0.717) is 11.3 Å². The summed E-state index contributed by atoms with van der Waals surface area (Å²) in [6.45, 7) is 5.21. The van der Waals surface area contributed by atoms with Gasteiger partial charge in [0.25, 0.3) is 0 Å². The third-order valence-electron chi connectivity index (χ3n) is 3.34. The number of rotatable bonds is 5. The maximum Gasteiger partial charge on any atom is 0.151 e. The van der Waals surface area contributed by atoms with Crippen LogP contribution in [0.4, 0.5) is 0 Å². The third kappa shape index (κ3) is 2.97. The molecule has 21 heavy (non-hydrogen) atoms. The van der Waals surface area contributed by atoms with E-state index < -0.39 is 12.1 Å². The molecule has 0 N–H and O–H groups in total. The molecule has 0 aliphatic rings. The summed E-state index contributed by atoms with van der Waals surface area (Å²) >= 11 is 0. The van der Waals surface area contributed by atoms with Crippen LogP contribution in [0.1, 0.15) is 28.7 Å². The Hall–Kier alpha value is -2.56. The molecule has 110 valence electrons. The Morgan fingerprint density at radius 2 is 1.90 bits per heavy atom. The van der Waals surface area contributed by atoms with E-state index in [0.717, 1.165) is 23.4 Å². The molecule has 0 amide bonds. The number of aldehydes is 1. The van der Waals surface area contributed by atoms with Gasteiger partial charge < -0.3 is 19.2 Å². The second-order valence-corrected chi connectivity index (χ2v) is 4.85. The molecule has 1 heterocycles. The molecule has 0 radical (unpaired) electrons. The zero-order valence-electron chi connectivity index (χ0n) is 12.1. The molecular formula is C16H16NO4-. The van der Waals surface area contributed by atoms with Crippen molar-refractivity contribution in [2.24, 2.45) is 0 Å². The smallest absolute Gasteiger partial charge is 0.151 e. The van der Waals surface area contributed by atoms with E-state index in [1.54, 1.807) is 12.1 Å². The van der Waals surface area contributed by atoms with Crippen molar-refractivity contribution in [3.8, 4) is 11.4 Å². The maximum atomic E-state index is 11.0. The minimum Gasteiger partial charge on any atom is -0.546 e. The van der Waals surface area contributed by atoms with Gasteiger partial charge in [-0.05, 0) is 51.1 Å². The molecule has 0 aliphatic heterocycles. The highest BCUT2D eigenvalue weighted by molar-refractivity contribution is 5.77. The van der Waals surface area contributed by atoms with Crippen molar-refractivity contribution in [3.63, 3.8) is 0 Å². The summed E-state index contributed by atoms with van der Waals surface area (Å²) in [5.74, 6) is -0.805. The zero-order chi connectivity index (χ0) is 15.6. The highest BCUT2D eigenvalue weighted by atomic mass is 16.5. The highest BCUT2D eigenvalue weighted by Crippen LogP contribution is 2.22. The van der Waals surface area contributed by atoms with Gasteiger partial charge in [0.1, 0.15) is 11.9 Å². The number of benzene rings is 1. The lowest BCUT2D eigenvalue weighted by molar-refractivity contribution is -0.312. The van der Waals surface area contributed by atoms with E-state index in [2.05, 4.69) is 0 Å². The van der Waals surface area contributed by atoms with Crippen molar-refractivity contribution in [1.29, 1.82) is 0 Å². The van der Waals surface area contributed by atoms with Crippen LogP contribution in [0.15, 0.2) is 30.3 Å². The molecule has 2 aromatic rings. The van der Waals surface area contributed by atoms with Crippen LogP contribution in [0.3, 0.4) is 0 Å². The number of aryl methyl sites for hydroxylation is 1. The molecule has 0 unspecified atom stereocenters. The van der Waals surface area contributed by atoms with Crippen molar-refractivity contribution < 1.29 is 19.4 Å². The van der Waals surface area contributed by atoms with Gasteiger partial charge >= 0.3 is 0 Å². The van der Waals surface area contributed by atoms with E-state index >= 15 is 0 Å². The van der Waals surface area contributed by atoms with Crippen LogP contribution in [-0.2, 0) is 4.79 Å². The first-order valence-corrected chi connectivity index (χ1v) is 6.56. The number of carbonyl (C=O) groups is 2. The topological polar surface area (TPSA) is 71.4 Å². The van der Waals surface area contributed by atoms with Crippen molar-refractivity contribution in [2.75, 3.05) is 0 Å². The Morgan fingerprint density at radius 1 is 1.29 bits per heavy atom. The van der Waals surface area contributed by atoms with Crippen molar-refractivity contribution in [1.82, 2.24) is 4.57 Å². The second kappa shape index (κ2) is 5.83. The number of ether oxygens (including phenoxy) is 1. The number of carbonyl (C=O) groups excluding carboxylic acids is 2. The Bertz CT molecular complexity index is 670.